The van der Waals surface area contributed by atoms with Crippen LogP contribution < -0.4 is 10.6 Å². The van der Waals surface area contributed by atoms with Crippen molar-refractivity contribution in [3.63, 3.8) is 0 Å². The van der Waals surface area contributed by atoms with E-state index in [1.165, 1.54) is 18.2 Å². The maximum absolute atomic E-state index is 14.2. The standard InChI is InChI=1S/C20H32F2N4OS.HI/c1-5-28(27)15-9-6-8-14(12-15)25-20(23-2)24-13-18(26(3)4)19-16(21)10-7-11-17(19)22;/h7,10-11,14-15,18H,5-6,8-9,12-13H2,1-4H3,(H2,23,24,25);1H. The minimum absolute atomic E-state index is 0. The molecule has 1 aromatic rings. The maximum Gasteiger partial charge on any atom is 0.191 e. The predicted molar refractivity (Wildman–Crippen MR) is 127 cm³/mol. The molecule has 166 valence electrons. The van der Waals surface area contributed by atoms with Gasteiger partial charge in [-0.05, 0) is 45.5 Å². The first-order chi connectivity index (χ1) is 13.4. The molecule has 1 fully saturated rings. The first kappa shape index (κ1) is 26.2. The Labute approximate surface area is 192 Å². The second-order valence-electron chi connectivity index (χ2n) is 7.37. The molecule has 0 aromatic heterocycles. The lowest BCUT2D eigenvalue weighted by atomic mass is 9.95. The quantitative estimate of drug-likeness (QED) is 0.315. The van der Waals surface area contributed by atoms with Crippen LogP contribution in [0.1, 0.15) is 44.2 Å². The Morgan fingerprint density at radius 1 is 1.31 bits per heavy atom. The molecule has 0 heterocycles. The lowest BCUT2D eigenvalue weighted by Gasteiger charge is -2.31. The molecule has 2 rings (SSSR count). The summed E-state index contributed by atoms with van der Waals surface area (Å²) < 4.78 is 40.6. The van der Waals surface area contributed by atoms with Crippen LogP contribution in [0.5, 0.6) is 0 Å². The Kier molecular flexibility index (Phi) is 11.6. The van der Waals surface area contributed by atoms with Gasteiger partial charge in [0.2, 0.25) is 0 Å². The van der Waals surface area contributed by atoms with Gasteiger partial charge in [-0.15, -0.1) is 24.0 Å². The van der Waals surface area contributed by atoms with Crippen molar-refractivity contribution in [2.75, 3.05) is 33.4 Å². The molecule has 0 aliphatic heterocycles. The van der Waals surface area contributed by atoms with Gasteiger partial charge in [0.25, 0.3) is 0 Å². The fraction of sp³-hybridized carbons (Fsp3) is 0.650. The van der Waals surface area contributed by atoms with Gasteiger partial charge >= 0.3 is 0 Å². The molecule has 0 spiro atoms. The monoisotopic (exact) mass is 542 g/mol. The highest BCUT2D eigenvalue weighted by atomic mass is 127. The number of aliphatic imine (C=N–C) groups is 1. The Morgan fingerprint density at radius 2 is 1.97 bits per heavy atom. The first-order valence-corrected chi connectivity index (χ1v) is 11.2. The van der Waals surface area contributed by atoms with Crippen molar-refractivity contribution in [1.82, 2.24) is 15.5 Å². The highest BCUT2D eigenvalue weighted by molar-refractivity contribution is 14.0. The second-order valence-corrected chi connectivity index (χ2v) is 9.37. The molecule has 4 atom stereocenters. The molecule has 0 bridgehead atoms. The zero-order valence-electron chi connectivity index (χ0n) is 17.6. The summed E-state index contributed by atoms with van der Waals surface area (Å²) in [6.07, 6.45) is 3.88. The summed E-state index contributed by atoms with van der Waals surface area (Å²) in [7, 11) is 4.47. The molecule has 1 aromatic carbocycles. The van der Waals surface area contributed by atoms with Crippen LogP contribution in [0.3, 0.4) is 0 Å². The SMILES string of the molecule is CCS(=O)C1CCCC(NC(=NC)NCC(c2c(F)cccc2F)N(C)C)C1.I. The molecule has 0 radical (unpaired) electrons. The van der Waals surface area contributed by atoms with E-state index < -0.39 is 28.5 Å². The van der Waals surface area contributed by atoms with E-state index in [1.54, 1.807) is 26.0 Å². The fourth-order valence-electron chi connectivity index (χ4n) is 3.70. The van der Waals surface area contributed by atoms with Crippen molar-refractivity contribution in [2.45, 2.75) is 49.9 Å². The first-order valence-electron chi connectivity index (χ1n) is 9.82. The number of benzene rings is 1. The van der Waals surface area contributed by atoms with Crippen LogP contribution in [0.15, 0.2) is 23.2 Å². The van der Waals surface area contributed by atoms with Crippen molar-refractivity contribution >= 4 is 40.7 Å². The largest absolute Gasteiger partial charge is 0.354 e. The lowest BCUT2D eigenvalue weighted by molar-refractivity contribution is 0.282. The van der Waals surface area contributed by atoms with Gasteiger partial charge in [0.1, 0.15) is 11.6 Å². The summed E-state index contributed by atoms with van der Waals surface area (Å²) in [6.45, 7) is 2.26. The summed E-state index contributed by atoms with van der Waals surface area (Å²) in [5.41, 5.74) is 0.0477. The molecule has 1 aliphatic rings. The van der Waals surface area contributed by atoms with Crippen LogP contribution in [0.4, 0.5) is 8.78 Å². The fourth-order valence-corrected chi connectivity index (χ4v) is 5.05. The minimum atomic E-state index is -0.789. The molecular formula is C20H33F2IN4OS. The van der Waals surface area contributed by atoms with E-state index in [2.05, 4.69) is 15.6 Å². The lowest BCUT2D eigenvalue weighted by Crippen LogP contribution is -2.48. The van der Waals surface area contributed by atoms with Crippen LogP contribution in [0.2, 0.25) is 0 Å². The molecule has 29 heavy (non-hydrogen) atoms. The van der Waals surface area contributed by atoms with E-state index in [9.17, 15) is 13.0 Å². The van der Waals surface area contributed by atoms with Gasteiger partial charge in [-0.3, -0.25) is 9.20 Å². The van der Waals surface area contributed by atoms with Crippen LogP contribution in [-0.2, 0) is 10.8 Å². The third-order valence-corrected chi connectivity index (χ3v) is 7.01. The molecule has 9 heteroatoms. The van der Waals surface area contributed by atoms with Crippen LogP contribution >= 0.6 is 24.0 Å². The average molecular weight is 542 g/mol. The normalized spacial score (nSPS) is 22.0. The summed E-state index contributed by atoms with van der Waals surface area (Å²) in [6, 6.07) is 3.64. The van der Waals surface area contributed by atoms with Gasteiger partial charge in [0.15, 0.2) is 5.96 Å². The maximum atomic E-state index is 14.2. The van der Waals surface area contributed by atoms with Gasteiger partial charge in [0.05, 0.1) is 6.04 Å². The predicted octanol–water partition coefficient (Wildman–Crippen LogP) is 3.43. The van der Waals surface area contributed by atoms with Gasteiger partial charge in [-0.1, -0.05) is 19.4 Å². The minimum Gasteiger partial charge on any atom is -0.354 e. The second kappa shape index (κ2) is 12.8. The van der Waals surface area contributed by atoms with Crippen molar-refractivity contribution < 1.29 is 13.0 Å². The number of likely N-dealkylation sites (N-methyl/N-ethyl adjacent to an activating group) is 1. The number of hydrogen-bond donors (Lipinski definition) is 2. The van der Waals surface area contributed by atoms with E-state index in [-0.39, 0.29) is 40.8 Å². The van der Waals surface area contributed by atoms with Crippen LogP contribution in [-0.4, -0.2) is 59.8 Å². The van der Waals surface area contributed by atoms with E-state index in [1.807, 2.05) is 6.92 Å². The number of nitrogens with one attached hydrogen (secondary N) is 2. The molecule has 0 amide bonds. The number of guanidine groups is 1. The topological polar surface area (TPSA) is 56.7 Å². The van der Waals surface area contributed by atoms with Gasteiger partial charge in [-0.2, -0.15) is 0 Å². The highest BCUT2D eigenvalue weighted by Crippen LogP contribution is 2.25. The summed E-state index contributed by atoms with van der Waals surface area (Å²) in [5, 5.41) is 6.80. The van der Waals surface area contributed by atoms with E-state index >= 15 is 0 Å². The van der Waals surface area contributed by atoms with Crippen molar-refractivity contribution in [3.8, 4) is 0 Å². The number of rotatable bonds is 7. The van der Waals surface area contributed by atoms with Gasteiger partial charge in [0, 0.05) is 47.0 Å². The molecule has 2 N–H and O–H groups in total. The Hall–Kier alpha value is -0.810. The van der Waals surface area contributed by atoms with Crippen molar-refractivity contribution in [3.05, 3.63) is 35.4 Å². The Morgan fingerprint density at radius 3 is 2.52 bits per heavy atom. The molecule has 5 nitrogen and oxygen atoms in total. The van der Waals surface area contributed by atoms with Crippen molar-refractivity contribution in [1.29, 1.82) is 0 Å². The van der Waals surface area contributed by atoms with Gasteiger partial charge < -0.3 is 15.5 Å². The molecule has 1 saturated carbocycles. The van der Waals surface area contributed by atoms with Crippen LogP contribution in [0.25, 0.3) is 0 Å². The molecule has 4 unspecified atom stereocenters. The van der Waals surface area contributed by atoms with Crippen molar-refractivity contribution in [2.24, 2.45) is 4.99 Å². The zero-order valence-corrected chi connectivity index (χ0v) is 20.7. The summed E-state index contributed by atoms with van der Waals surface area (Å²) >= 11 is 0. The smallest absolute Gasteiger partial charge is 0.191 e. The molecule has 0 saturated heterocycles. The average Bonchev–Trinajstić information content (AvgIpc) is 2.68. The van der Waals surface area contributed by atoms with E-state index in [0.29, 0.717) is 18.3 Å². The van der Waals surface area contributed by atoms with E-state index in [0.717, 1.165) is 25.7 Å². The zero-order chi connectivity index (χ0) is 20.7. The highest BCUT2D eigenvalue weighted by Gasteiger charge is 2.27. The van der Waals surface area contributed by atoms with Gasteiger partial charge in [-0.25, -0.2) is 8.78 Å². The third kappa shape index (κ3) is 7.43. The Bertz CT molecular complexity index is 685. The molecular weight excluding hydrogens is 509 g/mol. The summed E-state index contributed by atoms with van der Waals surface area (Å²) in [4.78, 5) is 6.04. The van der Waals surface area contributed by atoms with E-state index in [4.69, 9.17) is 0 Å². The third-order valence-electron chi connectivity index (χ3n) is 5.27. The van der Waals surface area contributed by atoms with Crippen LogP contribution in [0, 0.1) is 11.6 Å². The number of hydrogen-bond acceptors (Lipinski definition) is 3. The number of halogens is 3. The Balaban J connectivity index is 0.00000420. The summed E-state index contributed by atoms with van der Waals surface area (Å²) in [5.74, 6) is 0.168. The molecule has 1 aliphatic carbocycles. The number of nitrogens with zero attached hydrogens (tertiary/aromatic N) is 2.